The van der Waals surface area contributed by atoms with E-state index in [1.807, 2.05) is 17.2 Å². The fraction of sp³-hybridized carbons (Fsp3) is 0.615. The summed E-state index contributed by atoms with van der Waals surface area (Å²) in [6.07, 6.45) is 6.58. The molecule has 1 aromatic heterocycles. The Bertz CT molecular complexity index is 383. The van der Waals surface area contributed by atoms with Crippen LogP contribution in [0.1, 0.15) is 37.4 Å². The Balaban J connectivity index is 1.62. The van der Waals surface area contributed by atoms with Gasteiger partial charge in [-0.2, -0.15) is 0 Å². The van der Waals surface area contributed by atoms with Crippen molar-refractivity contribution in [1.82, 2.24) is 15.2 Å². The van der Waals surface area contributed by atoms with Crippen molar-refractivity contribution in [3.05, 3.63) is 24.0 Å². The van der Waals surface area contributed by atoms with Crippen molar-refractivity contribution in [2.75, 3.05) is 13.1 Å². The average molecular weight is 233 g/mol. The van der Waals surface area contributed by atoms with Gasteiger partial charge in [0.15, 0.2) is 0 Å². The fourth-order valence-corrected chi connectivity index (χ4v) is 2.56. The maximum Gasteiger partial charge on any atom is 0.237 e. The van der Waals surface area contributed by atoms with Crippen molar-refractivity contribution in [2.45, 2.75) is 37.8 Å². The normalized spacial score (nSPS) is 24.2. The summed E-state index contributed by atoms with van der Waals surface area (Å²) in [5, 5.41) is 3.30. The SMILES string of the molecule is O=C(CNC1CC1)N1CCCC1c1ccc[nH]1. The van der Waals surface area contributed by atoms with Crippen LogP contribution in [0.5, 0.6) is 0 Å². The molecule has 92 valence electrons. The molecule has 1 saturated heterocycles. The van der Waals surface area contributed by atoms with Gasteiger partial charge >= 0.3 is 0 Å². The Labute approximate surface area is 101 Å². The number of carbonyl (C=O) groups is 1. The van der Waals surface area contributed by atoms with Crippen LogP contribution in [0.3, 0.4) is 0 Å². The van der Waals surface area contributed by atoms with Crippen LogP contribution in [-0.2, 0) is 4.79 Å². The van der Waals surface area contributed by atoms with Crippen LogP contribution in [-0.4, -0.2) is 34.9 Å². The fourth-order valence-electron chi connectivity index (χ4n) is 2.56. The second-order valence-corrected chi connectivity index (χ2v) is 5.03. The first kappa shape index (κ1) is 10.8. The van der Waals surface area contributed by atoms with Crippen LogP contribution in [0.25, 0.3) is 0 Å². The molecule has 2 aliphatic rings. The molecule has 0 radical (unpaired) electrons. The molecule has 1 aromatic rings. The molecule has 1 unspecified atom stereocenters. The van der Waals surface area contributed by atoms with E-state index in [4.69, 9.17) is 0 Å². The highest BCUT2D eigenvalue weighted by molar-refractivity contribution is 5.79. The molecular weight excluding hydrogens is 214 g/mol. The molecule has 1 saturated carbocycles. The van der Waals surface area contributed by atoms with Gasteiger partial charge < -0.3 is 15.2 Å². The second-order valence-electron chi connectivity index (χ2n) is 5.03. The lowest BCUT2D eigenvalue weighted by molar-refractivity contribution is -0.131. The lowest BCUT2D eigenvalue weighted by Gasteiger charge is -2.24. The highest BCUT2D eigenvalue weighted by Crippen LogP contribution is 2.30. The Hall–Kier alpha value is -1.29. The third kappa shape index (κ3) is 2.36. The topological polar surface area (TPSA) is 48.1 Å². The van der Waals surface area contributed by atoms with Crippen molar-refractivity contribution >= 4 is 5.91 Å². The molecule has 1 aliphatic carbocycles. The second kappa shape index (κ2) is 4.53. The van der Waals surface area contributed by atoms with Crippen LogP contribution >= 0.6 is 0 Å². The highest BCUT2D eigenvalue weighted by Gasteiger charge is 2.31. The van der Waals surface area contributed by atoms with E-state index in [1.54, 1.807) is 0 Å². The minimum Gasteiger partial charge on any atom is -0.363 e. The van der Waals surface area contributed by atoms with Crippen LogP contribution in [0, 0.1) is 0 Å². The van der Waals surface area contributed by atoms with Gasteiger partial charge in [-0.1, -0.05) is 0 Å². The number of rotatable bonds is 4. The van der Waals surface area contributed by atoms with Gasteiger partial charge in [-0.05, 0) is 37.8 Å². The smallest absolute Gasteiger partial charge is 0.237 e. The van der Waals surface area contributed by atoms with Gasteiger partial charge in [0.05, 0.1) is 12.6 Å². The predicted molar refractivity (Wildman–Crippen MR) is 65.5 cm³/mol. The van der Waals surface area contributed by atoms with Gasteiger partial charge in [0.2, 0.25) is 5.91 Å². The van der Waals surface area contributed by atoms with Crippen molar-refractivity contribution in [3.63, 3.8) is 0 Å². The summed E-state index contributed by atoms with van der Waals surface area (Å²) in [4.78, 5) is 17.4. The number of nitrogens with zero attached hydrogens (tertiary/aromatic N) is 1. The maximum atomic E-state index is 12.1. The molecule has 2 fully saturated rings. The van der Waals surface area contributed by atoms with Crippen LogP contribution in [0.15, 0.2) is 18.3 Å². The summed E-state index contributed by atoms with van der Waals surface area (Å²) in [6, 6.07) is 4.94. The lowest BCUT2D eigenvalue weighted by atomic mass is 10.1. The van der Waals surface area contributed by atoms with Crippen molar-refractivity contribution in [1.29, 1.82) is 0 Å². The zero-order valence-electron chi connectivity index (χ0n) is 9.98. The first-order valence-electron chi connectivity index (χ1n) is 6.51. The molecule has 17 heavy (non-hydrogen) atoms. The molecule has 1 aliphatic heterocycles. The van der Waals surface area contributed by atoms with Crippen molar-refractivity contribution < 1.29 is 4.79 Å². The summed E-state index contributed by atoms with van der Waals surface area (Å²) in [5.41, 5.74) is 1.17. The van der Waals surface area contributed by atoms with E-state index >= 15 is 0 Å². The monoisotopic (exact) mass is 233 g/mol. The van der Waals surface area contributed by atoms with E-state index in [9.17, 15) is 4.79 Å². The van der Waals surface area contributed by atoms with Gasteiger partial charge in [-0.15, -0.1) is 0 Å². The van der Waals surface area contributed by atoms with Crippen LogP contribution in [0.2, 0.25) is 0 Å². The number of aromatic amines is 1. The number of nitrogens with one attached hydrogen (secondary N) is 2. The number of amides is 1. The van der Waals surface area contributed by atoms with Gasteiger partial charge in [0, 0.05) is 24.5 Å². The van der Waals surface area contributed by atoms with Gasteiger partial charge in [0.1, 0.15) is 0 Å². The summed E-state index contributed by atoms with van der Waals surface area (Å²) in [7, 11) is 0. The largest absolute Gasteiger partial charge is 0.363 e. The maximum absolute atomic E-state index is 12.1. The van der Waals surface area contributed by atoms with E-state index in [-0.39, 0.29) is 11.9 Å². The minimum atomic E-state index is 0.244. The van der Waals surface area contributed by atoms with Crippen molar-refractivity contribution in [3.8, 4) is 0 Å². The summed E-state index contributed by atoms with van der Waals surface area (Å²) in [6.45, 7) is 1.40. The van der Waals surface area contributed by atoms with E-state index in [2.05, 4.69) is 16.4 Å². The van der Waals surface area contributed by atoms with Crippen LogP contribution < -0.4 is 5.32 Å². The molecule has 2 heterocycles. The Kier molecular flexibility index (Phi) is 2.89. The third-order valence-electron chi connectivity index (χ3n) is 3.67. The van der Waals surface area contributed by atoms with E-state index in [1.165, 1.54) is 18.5 Å². The molecule has 1 atom stereocenters. The molecule has 2 N–H and O–H groups in total. The Morgan fingerprint density at radius 3 is 3.06 bits per heavy atom. The molecule has 1 amide bonds. The quantitative estimate of drug-likeness (QED) is 0.826. The lowest BCUT2D eigenvalue weighted by Crippen LogP contribution is -2.38. The molecule has 4 heteroatoms. The number of hydrogen-bond donors (Lipinski definition) is 2. The number of likely N-dealkylation sites (tertiary alicyclic amines) is 1. The molecule has 3 rings (SSSR count). The zero-order valence-corrected chi connectivity index (χ0v) is 9.98. The van der Waals surface area contributed by atoms with Crippen LogP contribution in [0.4, 0.5) is 0 Å². The first-order chi connectivity index (χ1) is 8.34. The van der Waals surface area contributed by atoms with E-state index < -0.39 is 0 Å². The summed E-state index contributed by atoms with van der Waals surface area (Å²) in [5.74, 6) is 0.244. The standard InChI is InChI=1S/C13H19N3O/c17-13(9-15-10-5-6-10)16-8-2-4-12(16)11-3-1-7-14-11/h1,3,7,10,12,14-15H,2,4-6,8-9H2. The predicted octanol–water partition coefficient (Wildman–Crippen LogP) is 1.43. The molecular formula is C13H19N3O. The summed E-state index contributed by atoms with van der Waals surface area (Å²) >= 11 is 0. The molecule has 4 nitrogen and oxygen atoms in total. The molecule has 0 aromatic carbocycles. The van der Waals surface area contributed by atoms with Gasteiger partial charge in [-0.25, -0.2) is 0 Å². The van der Waals surface area contributed by atoms with Crippen molar-refractivity contribution in [2.24, 2.45) is 0 Å². The number of carbonyl (C=O) groups excluding carboxylic acids is 1. The van der Waals surface area contributed by atoms with Gasteiger partial charge in [-0.3, -0.25) is 4.79 Å². The number of hydrogen-bond acceptors (Lipinski definition) is 2. The Morgan fingerprint density at radius 2 is 2.35 bits per heavy atom. The van der Waals surface area contributed by atoms with Gasteiger partial charge in [0.25, 0.3) is 0 Å². The first-order valence-corrected chi connectivity index (χ1v) is 6.51. The Morgan fingerprint density at radius 1 is 1.47 bits per heavy atom. The molecule has 0 bridgehead atoms. The number of aromatic nitrogens is 1. The summed E-state index contributed by atoms with van der Waals surface area (Å²) < 4.78 is 0. The average Bonchev–Trinajstić information content (AvgIpc) is 2.84. The highest BCUT2D eigenvalue weighted by atomic mass is 16.2. The van der Waals surface area contributed by atoms with E-state index in [0.717, 1.165) is 19.4 Å². The minimum absolute atomic E-state index is 0.244. The zero-order chi connectivity index (χ0) is 11.7. The number of H-pyrrole nitrogens is 1. The third-order valence-corrected chi connectivity index (χ3v) is 3.67. The molecule has 0 spiro atoms. The van der Waals surface area contributed by atoms with E-state index in [0.29, 0.717) is 12.6 Å².